The largest absolute Gasteiger partial charge is 0.394 e. The number of carbonyl (C=O) groups is 1. The highest BCUT2D eigenvalue weighted by molar-refractivity contribution is 5.73. The van der Waals surface area contributed by atoms with Gasteiger partial charge in [-0.25, -0.2) is 0 Å². The second-order valence-corrected chi connectivity index (χ2v) is 11.7. The van der Waals surface area contributed by atoms with Gasteiger partial charge in [-0.2, -0.15) is 0 Å². The zero-order valence-electron chi connectivity index (χ0n) is 25.5. The quantitative estimate of drug-likeness (QED) is 0.0808. The van der Waals surface area contributed by atoms with E-state index >= 15 is 0 Å². The van der Waals surface area contributed by atoms with Crippen LogP contribution in [0.15, 0.2) is 0 Å². The van der Waals surface area contributed by atoms with E-state index in [1.54, 1.807) is 0 Å². The van der Waals surface area contributed by atoms with Crippen LogP contribution >= 0.6 is 0 Å². The molecule has 0 unspecified atom stereocenters. The number of unbranched alkanes of at least 4 members (excludes halogenated alkanes) is 5. The van der Waals surface area contributed by atoms with E-state index in [0.29, 0.717) is 6.42 Å². The van der Waals surface area contributed by atoms with Crippen LogP contribution in [0.2, 0.25) is 0 Å². The first-order chi connectivity index (χ1) is 20.9. The van der Waals surface area contributed by atoms with Crippen molar-refractivity contribution in [2.24, 2.45) is 0 Å². The van der Waals surface area contributed by atoms with Crippen LogP contribution in [0.25, 0.3) is 0 Å². The average molecular weight is 642 g/mol. The molecule has 3 heterocycles. The SMILES string of the molecule is CCCCCCCCO[C@@H]1O[C@H](CO[C@H]2O[C@H](C)[C@@H](O)[C@H](O)[C@@H]2O[C@@H]2O[C@H](CO)[C@@H](O)[C@H](O)[C@H]2NC(C)=O)[C@@H](O)[C@H](O)[C@H]1O. The molecule has 3 aliphatic heterocycles. The minimum atomic E-state index is -1.64. The zero-order valence-corrected chi connectivity index (χ0v) is 25.5. The van der Waals surface area contributed by atoms with E-state index in [1.165, 1.54) is 6.92 Å². The summed E-state index contributed by atoms with van der Waals surface area (Å²) in [5.74, 6) is -0.597. The van der Waals surface area contributed by atoms with Crippen molar-refractivity contribution in [2.45, 2.75) is 151 Å². The van der Waals surface area contributed by atoms with E-state index in [0.717, 1.165) is 39.0 Å². The average Bonchev–Trinajstić information content (AvgIpc) is 2.99. The van der Waals surface area contributed by atoms with Gasteiger partial charge in [0.2, 0.25) is 5.91 Å². The van der Waals surface area contributed by atoms with Gasteiger partial charge < -0.3 is 74.6 Å². The van der Waals surface area contributed by atoms with Crippen LogP contribution in [0.1, 0.15) is 59.3 Å². The first-order valence-electron chi connectivity index (χ1n) is 15.4. The molecule has 9 N–H and O–H groups in total. The Kier molecular flexibility index (Phi) is 15.1. The normalized spacial score (nSPS) is 43.1. The number of aliphatic hydroxyl groups excluding tert-OH is 8. The first kappa shape index (κ1) is 37.4. The Morgan fingerprint density at radius 1 is 0.705 bits per heavy atom. The number of aliphatic hydroxyl groups is 8. The Balaban J connectivity index is 1.67. The van der Waals surface area contributed by atoms with Gasteiger partial charge in [-0.1, -0.05) is 39.0 Å². The summed E-state index contributed by atoms with van der Waals surface area (Å²) >= 11 is 0. The van der Waals surface area contributed by atoms with Gasteiger partial charge in [0.1, 0.15) is 67.1 Å². The van der Waals surface area contributed by atoms with Crippen molar-refractivity contribution in [3.63, 3.8) is 0 Å². The number of rotatable bonds is 15. The number of ether oxygens (including phenoxy) is 6. The van der Waals surface area contributed by atoms with E-state index in [-0.39, 0.29) is 6.61 Å². The van der Waals surface area contributed by atoms with Crippen molar-refractivity contribution in [1.29, 1.82) is 0 Å². The summed E-state index contributed by atoms with van der Waals surface area (Å²) in [6.45, 7) is 3.88. The van der Waals surface area contributed by atoms with Gasteiger partial charge in [0.15, 0.2) is 18.9 Å². The molecule has 16 heteroatoms. The van der Waals surface area contributed by atoms with Crippen LogP contribution in [0, 0.1) is 0 Å². The van der Waals surface area contributed by atoms with E-state index in [1.807, 2.05) is 0 Å². The van der Waals surface area contributed by atoms with Crippen LogP contribution in [0.5, 0.6) is 0 Å². The Morgan fingerprint density at radius 3 is 2.00 bits per heavy atom. The summed E-state index contributed by atoms with van der Waals surface area (Å²) in [5, 5.41) is 85.7. The maximum atomic E-state index is 11.8. The maximum absolute atomic E-state index is 11.8. The van der Waals surface area contributed by atoms with E-state index < -0.39 is 111 Å². The summed E-state index contributed by atoms with van der Waals surface area (Å²) in [6.07, 6.45) is -14.2. The van der Waals surface area contributed by atoms with Crippen LogP contribution in [0.4, 0.5) is 0 Å². The number of amides is 1. The Morgan fingerprint density at radius 2 is 1.34 bits per heavy atom. The Labute approximate surface area is 256 Å². The molecule has 3 fully saturated rings. The topological polar surface area (TPSA) is 246 Å². The molecule has 3 saturated heterocycles. The van der Waals surface area contributed by atoms with Gasteiger partial charge in [-0.15, -0.1) is 0 Å². The lowest BCUT2D eigenvalue weighted by atomic mass is 9.96. The highest BCUT2D eigenvalue weighted by atomic mass is 16.8. The lowest BCUT2D eigenvalue weighted by molar-refractivity contribution is -0.360. The fourth-order valence-corrected chi connectivity index (χ4v) is 5.49. The van der Waals surface area contributed by atoms with Crippen molar-refractivity contribution in [3.8, 4) is 0 Å². The molecular weight excluding hydrogens is 590 g/mol. The summed E-state index contributed by atoms with van der Waals surface area (Å²) in [7, 11) is 0. The smallest absolute Gasteiger partial charge is 0.217 e. The van der Waals surface area contributed by atoms with Crippen LogP contribution < -0.4 is 5.32 Å². The van der Waals surface area contributed by atoms with Crippen molar-refractivity contribution < 1.29 is 74.1 Å². The molecule has 0 aromatic heterocycles. The minimum Gasteiger partial charge on any atom is -0.394 e. The molecule has 0 aromatic carbocycles. The third kappa shape index (κ3) is 9.48. The van der Waals surface area contributed by atoms with Crippen LogP contribution in [-0.2, 0) is 33.2 Å². The van der Waals surface area contributed by atoms with Crippen LogP contribution in [0.3, 0.4) is 0 Å². The number of nitrogens with one attached hydrogen (secondary N) is 1. The molecule has 0 spiro atoms. The number of hydrogen-bond acceptors (Lipinski definition) is 15. The predicted molar refractivity (Wildman–Crippen MR) is 149 cm³/mol. The molecule has 3 rings (SSSR count). The van der Waals surface area contributed by atoms with E-state index in [4.69, 9.17) is 28.4 Å². The third-order valence-electron chi connectivity index (χ3n) is 8.20. The summed E-state index contributed by atoms with van der Waals surface area (Å²) in [6, 6.07) is -1.35. The predicted octanol–water partition coefficient (Wildman–Crippen LogP) is -3.02. The molecule has 0 aromatic rings. The van der Waals surface area contributed by atoms with Gasteiger partial charge in [0.25, 0.3) is 0 Å². The second kappa shape index (κ2) is 17.7. The maximum Gasteiger partial charge on any atom is 0.217 e. The van der Waals surface area contributed by atoms with Gasteiger partial charge >= 0.3 is 0 Å². The molecule has 15 atom stereocenters. The van der Waals surface area contributed by atoms with Crippen LogP contribution in [-0.4, -0.2) is 159 Å². The zero-order chi connectivity index (χ0) is 32.6. The lowest BCUT2D eigenvalue weighted by Gasteiger charge is -2.47. The van der Waals surface area contributed by atoms with Gasteiger partial charge in [-0.3, -0.25) is 4.79 Å². The molecule has 16 nitrogen and oxygen atoms in total. The fourth-order valence-electron chi connectivity index (χ4n) is 5.49. The molecular formula is C28H51NO15. The van der Waals surface area contributed by atoms with Crippen molar-refractivity contribution in [2.75, 3.05) is 19.8 Å². The molecule has 258 valence electrons. The summed E-state index contributed by atoms with van der Waals surface area (Å²) in [5.41, 5.74) is 0. The van der Waals surface area contributed by atoms with Gasteiger partial charge in [0, 0.05) is 13.5 Å². The Bertz CT molecular complexity index is 856. The molecule has 3 aliphatic rings. The summed E-state index contributed by atoms with van der Waals surface area (Å²) < 4.78 is 34.3. The standard InChI is InChI=1S/C28H51NO15/c1-4-5-6-7-8-9-10-39-27-24(38)22(36)20(34)16(43-27)12-40-28-25(23(37)18(32)13(2)41-28)44-26-17(29-14(3)31)21(35)19(33)15(11-30)42-26/h13,15-28,30,32-38H,4-12H2,1-3H3,(H,29,31)/t13-,15-,16-,17-,18-,19-,20-,21-,22+,23+,24-,25+,26+,27-,28+/m1/s1. The number of carbonyl (C=O) groups excluding carboxylic acids is 1. The molecule has 0 bridgehead atoms. The second-order valence-electron chi connectivity index (χ2n) is 11.7. The number of hydrogen-bond donors (Lipinski definition) is 9. The van der Waals surface area contributed by atoms with Crippen molar-refractivity contribution in [1.82, 2.24) is 5.32 Å². The molecule has 0 saturated carbocycles. The Hall–Kier alpha value is -1.09. The molecule has 0 radical (unpaired) electrons. The van der Waals surface area contributed by atoms with E-state index in [2.05, 4.69) is 12.2 Å². The minimum absolute atomic E-state index is 0.264. The monoisotopic (exact) mass is 641 g/mol. The third-order valence-corrected chi connectivity index (χ3v) is 8.20. The lowest BCUT2D eigenvalue weighted by Crippen LogP contribution is -2.67. The highest BCUT2D eigenvalue weighted by Gasteiger charge is 2.52. The van der Waals surface area contributed by atoms with Gasteiger partial charge in [0.05, 0.1) is 19.3 Å². The van der Waals surface area contributed by atoms with Crippen molar-refractivity contribution in [3.05, 3.63) is 0 Å². The van der Waals surface area contributed by atoms with E-state index in [9.17, 15) is 45.6 Å². The fraction of sp³-hybridized carbons (Fsp3) is 0.964. The molecule has 44 heavy (non-hydrogen) atoms. The highest BCUT2D eigenvalue weighted by Crippen LogP contribution is 2.31. The molecule has 1 amide bonds. The van der Waals surface area contributed by atoms with Gasteiger partial charge in [-0.05, 0) is 13.3 Å². The van der Waals surface area contributed by atoms with Crippen molar-refractivity contribution >= 4 is 5.91 Å². The first-order valence-corrected chi connectivity index (χ1v) is 15.4. The molecule has 0 aliphatic carbocycles. The summed E-state index contributed by atoms with van der Waals surface area (Å²) in [4.78, 5) is 11.8.